The number of hydrogen-bond donors (Lipinski definition) is 0. The predicted molar refractivity (Wildman–Crippen MR) is 81.4 cm³/mol. The predicted octanol–water partition coefficient (Wildman–Crippen LogP) is 4.46. The molecule has 104 valence electrons. The third-order valence-electron chi connectivity index (χ3n) is 3.44. The Hall–Kier alpha value is -1.04. The van der Waals surface area contributed by atoms with Gasteiger partial charge < -0.3 is 0 Å². The van der Waals surface area contributed by atoms with Crippen molar-refractivity contribution in [3.05, 3.63) is 34.9 Å². The number of nitriles is 1. The van der Waals surface area contributed by atoms with Crippen LogP contribution in [0.15, 0.2) is 24.3 Å². The summed E-state index contributed by atoms with van der Waals surface area (Å²) < 4.78 is 0. The standard InChI is InChI=1S/C16H23ClN2/c1-12(2)19(13(3)4)10-9-14(11-18)15-7-5-6-8-16(15)17/h5-8,12-14H,9-10H2,1-4H3/t14-/m0/s1. The smallest absolute Gasteiger partial charge is 0.0739 e. The van der Waals surface area contributed by atoms with Crippen molar-refractivity contribution in [1.82, 2.24) is 4.90 Å². The molecule has 0 fully saturated rings. The summed E-state index contributed by atoms with van der Waals surface area (Å²) in [7, 11) is 0. The first kappa shape index (κ1) is 16.0. The molecule has 0 saturated heterocycles. The Morgan fingerprint density at radius 1 is 1.16 bits per heavy atom. The minimum Gasteiger partial charge on any atom is -0.298 e. The number of benzene rings is 1. The van der Waals surface area contributed by atoms with Crippen molar-refractivity contribution in [3.63, 3.8) is 0 Å². The molecule has 0 aliphatic carbocycles. The molecule has 0 aromatic heterocycles. The van der Waals surface area contributed by atoms with Gasteiger partial charge in [0.1, 0.15) is 0 Å². The Morgan fingerprint density at radius 2 is 1.74 bits per heavy atom. The van der Waals surface area contributed by atoms with Crippen LogP contribution in [0.2, 0.25) is 5.02 Å². The van der Waals surface area contributed by atoms with Crippen molar-refractivity contribution in [2.75, 3.05) is 6.54 Å². The number of hydrogen-bond acceptors (Lipinski definition) is 2. The molecule has 1 aromatic carbocycles. The molecule has 0 aliphatic heterocycles. The van der Waals surface area contributed by atoms with Crippen LogP contribution in [0.3, 0.4) is 0 Å². The monoisotopic (exact) mass is 278 g/mol. The van der Waals surface area contributed by atoms with Crippen LogP contribution in [0, 0.1) is 11.3 Å². The third-order valence-corrected chi connectivity index (χ3v) is 3.78. The van der Waals surface area contributed by atoms with Gasteiger partial charge >= 0.3 is 0 Å². The minimum absolute atomic E-state index is 0.131. The van der Waals surface area contributed by atoms with E-state index in [0.717, 1.165) is 18.5 Å². The second kappa shape index (κ2) is 7.53. The van der Waals surface area contributed by atoms with Gasteiger partial charge in [-0.3, -0.25) is 4.90 Å². The third kappa shape index (κ3) is 4.53. The quantitative estimate of drug-likeness (QED) is 0.768. The lowest BCUT2D eigenvalue weighted by atomic mass is 9.96. The lowest BCUT2D eigenvalue weighted by Crippen LogP contribution is -2.38. The summed E-state index contributed by atoms with van der Waals surface area (Å²) in [4.78, 5) is 2.40. The molecule has 1 rings (SSSR count). The van der Waals surface area contributed by atoms with Crippen LogP contribution in [0.1, 0.15) is 45.6 Å². The molecule has 0 aliphatic rings. The fraction of sp³-hybridized carbons (Fsp3) is 0.562. The van der Waals surface area contributed by atoms with Crippen molar-refractivity contribution in [1.29, 1.82) is 5.26 Å². The zero-order valence-corrected chi connectivity index (χ0v) is 13.0. The van der Waals surface area contributed by atoms with Gasteiger partial charge in [0.15, 0.2) is 0 Å². The topological polar surface area (TPSA) is 27.0 Å². The molecule has 0 bridgehead atoms. The number of nitrogens with zero attached hydrogens (tertiary/aromatic N) is 2. The zero-order valence-electron chi connectivity index (χ0n) is 12.2. The van der Waals surface area contributed by atoms with Gasteiger partial charge in [-0.15, -0.1) is 0 Å². The normalized spacial score (nSPS) is 13.0. The van der Waals surface area contributed by atoms with Crippen LogP contribution in [-0.4, -0.2) is 23.5 Å². The lowest BCUT2D eigenvalue weighted by molar-refractivity contribution is 0.171. The second-order valence-corrected chi connectivity index (χ2v) is 5.82. The Labute approximate surface area is 122 Å². The van der Waals surface area contributed by atoms with Gasteiger partial charge in [-0.2, -0.15) is 5.26 Å². The SMILES string of the molecule is CC(C)N(CC[C@@H](C#N)c1ccccc1Cl)C(C)C. The summed E-state index contributed by atoms with van der Waals surface area (Å²) in [6.07, 6.45) is 0.816. The zero-order chi connectivity index (χ0) is 14.4. The molecule has 0 unspecified atom stereocenters. The second-order valence-electron chi connectivity index (χ2n) is 5.42. The van der Waals surface area contributed by atoms with Crippen LogP contribution in [0.5, 0.6) is 0 Å². The van der Waals surface area contributed by atoms with Gasteiger partial charge in [-0.05, 0) is 45.7 Å². The highest BCUT2D eigenvalue weighted by molar-refractivity contribution is 6.31. The summed E-state index contributed by atoms with van der Waals surface area (Å²) in [5, 5.41) is 10.1. The molecular weight excluding hydrogens is 256 g/mol. The molecule has 0 heterocycles. The van der Waals surface area contributed by atoms with Crippen molar-refractivity contribution < 1.29 is 0 Å². The van der Waals surface area contributed by atoms with Gasteiger partial charge in [0.25, 0.3) is 0 Å². The van der Waals surface area contributed by atoms with E-state index < -0.39 is 0 Å². The Kier molecular flexibility index (Phi) is 6.34. The van der Waals surface area contributed by atoms with E-state index in [0.29, 0.717) is 17.1 Å². The van der Waals surface area contributed by atoms with E-state index >= 15 is 0 Å². The van der Waals surface area contributed by atoms with Gasteiger partial charge in [0.2, 0.25) is 0 Å². The molecule has 0 N–H and O–H groups in total. The summed E-state index contributed by atoms with van der Waals surface area (Å²) in [5.41, 5.74) is 0.944. The van der Waals surface area contributed by atoms with Gasteiger partial charge in [-0.1, -0.05) is 29.8 Å². The van der Waals surface area contributed by atoms with Crippen molar-refractivity contribution in [3.8, 4) is 6.07 Å². The van der Waals surface area contributed by atoms with Crippen LogP contribution in [-0.2, 0) is 0 Å². The van der Waals surface area contributed by atoms with Gasteiger partial charge in [0, 0.05) is 23.7 Å². The Morgan fingerprint density at radius 3 is 2.21 bits per heavy atom. The molecule has 1 atom stereocenters. The van der Waals surface area contributed by atoms with Gasteiger partial charge in [0.05, 0.1) is 12.0 Å². The highest BCUT2D eigenvalue weighted by Crippen LogP contribution is 2.27. The summed E-state index contributed by atoms with van der Waals surface area (Å²) in [5.74, 6) is -0.131. The van der Waals surface area contributed by atoms with Crippen LogP contribution >= 0.6 is 11.6 Å². The highest BCUT2D eigenvalue weighted by Gasteiger charge is 2.18. The molecule has 3 heteroatoms. The average molecular weight is 279 g/mol. The molecule has 0 spiro atoms. The van der Waals surface area contributed by atoms with E-state index in [2.05, 4.69) is 38.7 Å². The maximum atomic E-state index is 9.37. The first-order valence-corrected chi connectivity index (χ1v) is 7.25. The summed E-state index contributed by atoms with van der Waals surface area (Å²) in [6.45, 7) is 9.68. The first-order valence-electron chi connectivity index (χ1n) is 6.87. The summed E-state index contributed by atoms with van der Waals surface area (Å²) >= 11 is 6.17. The van der Waals surface area contributed by atoms with Crippen molar-refractivity contribution >= 4 is 11.6 Å². The molecule has 0 saturated carbocycles. The van der Waals surface area contributed by atoms with E-state index in [4.69, 9.17) is 11.6 Å². The minimum atomic E-state index is -0.131. The maximum Gasteiger partial charge on any atom is 0.0739 e. The van der Waals surface area contributed by atoms with Gasteiger partial charge in [-0.25, -0.2) is 0 Å². The largest absolute Gasteiger partial charge is 0.298 e. The molecule has 19 heavy (non-hydrogen) atoms. The van der Waals surface area contributed by atoms with Crippen LogP contribution in [0.25, 0.3) is 0 Å². The van der Waals surface area contributed by atoms with E-state index in [-0.39, 0.29) is 5.92 Å². The van der Waals surface area contributed by atoms with E-state index in [9.17, 15) is 5.26 Å². The fourth-order valence-electron chi connectivity index (χ4n) is 2.44. The molecular formula is C16H23ClN2. The average Bonchev–Trinajstić information content (AvgIpc) is 2.35. The lowest BCUT2D eigenvalue weighted by Gasteiger charge is -2.31. The first-order chi connectivity index (χ1) is 8.97. The van der Waals surface area contributed by atoms with E-state index in [1.807, 2.05) is 24.3 Å². The maximum absolute atomic E-state index is 9.37. The fourth-order valence-corrected chi connectivity index (χ4v) is 2.71. The summed E-state index contributed by atoms with van der Waals surface area (Å²) in [6, 6.07) is 11.0. The van der Waals surface area contributed by atoms with Crippen molar-refractivity contribution in [2.24, 2.45) is 0 Å². The number of halogens is 1. The highest BCUT2D eigenvalue weighted by atomic mass is 35.5. The molecule has 1 aromatic rings. The Bertz CT molecular complexity index is 427. The van der Waals surface area contributed by atoms with E-state index in [1.54, 1.807) is 0 Å². The van der Waals surface area contributed by atoms with E-state index in [1.165, 1.54) is 0 Å². The number of rotatable bonds is 6. The van der Waals surface area contributed by atoms with Crippen LogP contribution < -0.4 is 0 Å². The molecule has 0 amide bonds. The molecule has 2 nitrogen and oxygen atoms in total. The molecule has 0 radical (unpaired) electrons. The van der Waals surface area contributed by atoms with Crippen molar-refractivity contribution in [2.45, 2.75) is 52.1 Å². The Balaban J connectivity index is 2.74. The van der Waals surface area contributed by atoms with Crippen LogP contribution in [0.4, 0.5) is 0 Å².